The highest BCUT2D eigenvalue weighted by Crippen LogP contribution is 2.21. The highest BCUT2D eigenvalue weighted by atomic mass is 35.5. The van der Waals surface area contributed by atoms with Crippen LogP contribution in [0, 0.1) is 0 Å². The van der Waals surface area contributed by atoms with Crippen LogP contribution < -0.4 is 0 Å². The van der Waals surface area contributed by atoms with E-state index in [0.29, 0.717) is 6.10 Å². The molecule has 2 aromatic heterocycles. The van der Waals surface area contributed by atoms with Crippen LogP contribution in [0.3, 0.4) is 0 Å². The fraction of sp³-hybridized carbons (Fsp3) is 0.389. The average molecular weight is 362 g/mol. The molecular weight excluding hydrogens is 342 g/mol. The van der Waals surface area contributed by atoms with E-state index in [4.69, 9.17) is 21.3 Å². The van der Waals surface area contributed by atoms with Gasteiger partial charge in [-0.1, -0.05) is 17.7 Å². The summed E-state index contributed by atoms with van der Waals surface area (Å²) in [5.74, 6) is 0.974. The third-order valence-electron chi connectivity index (χ3n) is 4.31. The number of H-pyrrole nitrogens is 1. The molecule has 24 heavy (non-hydrogen) atoms. The van der Waals surface area contributed by atoms with Crippen molar-refractivity contribution in [2.45, 2.75) is 32.0 Å². The van der Waals surface area contributed by atoms with Crippen molar-refractivity contribution in [3.8, 4) is 0 Å². The van der Waals surface area contributed by atoms with E-state index in [2.05, 4.69) is 27.4 Å². The molecule has 0 bridgehead atoms. The molecule has 3 heterocycles. The molecule has 0 saturated carbocycles. The number of imidazole rings is 1. The van der Waals surface area contributed by atoms with Gasteiger partial charge in [-0.2, -0.15) is 0 Å². The Morgan fingerprint density at radius 2 is 2.29 bits per heavy atom. The topological polar surface area (TPSA) is 41.2 Å². The number of aromatic nitrogens is 2. The van der Waals surface area contributed by atoms with Gasteiger partial charge in [-0.05, 0) is 42.5 Å². The zero-order valence-electron chi connectivity index (χ0n) is 13.4. The summed E-state index contributed by atoms with van der Waals surface area (Å²) in [6.07, 6.45) is 2.65. The van der Waals surface area contributed by atoms with E-state index < -0.39 is 0 Å². The number of hydrogen-bond donors (Lipinski definition) is 1. The summed E-state index contributed by atoms with van der Waals surface area (Å²) in [4.78, 5) is 11.9. The number of rotatable bonds is 6. The Balaban J connectivity index is 1.52. The predicted octanol–water partition coefficient (Wildman–Crippen LogP) is 4.46. The van der Waals surface area contributed by atoms with Crippen molar-refractivity contribution in [2.75, 3.05) is 13.2 Å². The van der Waals surface area contributed by atoms with E-state index in [0.717, 1.165) is 54.5 Å². The number of nitrogens with one attached hydrogen (secondary N) is 1. The lowest BCUT2D eigenvalue weighted by molar-refractivity contribution is 0.0675. The van der Waals surface area contributed by atoms with Crippen LogP contribution in [0.15, 0.2) is 35.7 Å². The average Bonchev–Trinajstić information content (AvgIpc) is 3.28. The first-order valence-corrected chi connectivity index (χ1v) is 9.52. The van der Waals surface area contributed by atoms with Gasteiger partial charge in [0.25, 0.3) is 0 Å². The fourth-order valence-corrected chi connectivity index (χ4v) is 4.12. The predicted molar refractivity (Wildman–Crippen MR) is 98.5 cm³/mol. The first-order valence-electron chi connectivity index (χ1n) is 8.27. The molecule has 1 saturated heterocycles. The molecule has 1 aliphatic rings. The molecule has 6 heteroatoms. The van der Waals surface area contributed by atoms with Gasteiger partial charge < -0.3 is 9.72 Å². The van der Waals surface area contributed by atoms with Gasteiger partial charge in [0.15, 0.2) is 0 Å². The maximum Gasteiger partial charge on any atom is 0.121 e. The second kappa shape index (κ2) is 7.23. The summed E-state index contributed by atoms with van der Waals surface area (Å²) in [6, 6.07) is 10.1. The number of ether oxygens (including phenoxy) is 1. The third-order valence-corrected chi connectivity index (χ3v) is 5.41. The molecule has 4 rings (SSSR count). The normalized spacial score (nSPS) is 18.0. The minimum absolute atomic E-state index is 0.337. The zero-order chi connectivity index (χ0) is 16.4. The Kier molecular flexibility index (Phi) is 4.85. The number of halogens is 1. The highest BCUT2D eigenvalue weighted by molar-refractivity contribution is 7.09. The molecular formula is C18H20ClN3OS. The molecule has 1 aliphatic heterocycles. The van der Waals surface area contributed by atoms with E-state index in [1.807, 2.05) is 18.2 Å². The van der Waals surface area contributed by atoms with Gasteiger partial charge in [-0.25, -0.2) is 4.98 Å². The van der Waals surface area contributed by atoms with E-state index in [-0.39, 0.29) is 0 Å². The van der Waals surface area contributed by atoms with Gasteiger partial charge in [0.05, 0.1) is 23.7 Å². The molecule has 1 fully saturated rings. The standard InChI is InChI=1S/C18H20ClN3OS/c19-13-5-6-16-17(9-13)21-18(20-16)12-22(10-14-3-1-7-23-14)11-15-4-2-8-24-15/h2,4-6,8-9,14H,1,3,7,10-12H2,(H,20,21)/t14-/m0/s1. The Morgan fingerprint density at radius 1 is 1.33 bits per heavy atom. The second-order valence-corrected chi connectivity index (χ2v) is 7.70. The third kappa shape index (κ3) is 3.81. The minimum Gasteiger partial charge on any atom is -0.377 e. The van der Waals surface area contributed by atoms with Crippen molar-refractivity contribution in [3.05, 3.63) is 51.4 Å². The number of benzene rings is 1. The Morgan fingerprint density at radius 3 is 3.08 bits per heavy atom. The van der Waals surface area contributed by atoms with Crippen molar-refractivity contribution in [1.82, 2.24) is 14.9 Å². The number of hydrogen-bond acceptors (Lipinski definition) is 4. The van der Waals surface area contributed by atoms with Crippen LogP contribution in [0.5, 0.6) is 0 Å². The molecule has 0 spiro atoms. The van der Waals surface area contributed by atoms with Gasteiger partial charge in [0.2, 0.25) is 0 Å². The largest absolute Gasteiger partial charge is 0.377 e. The second-order valence-electron chi connectivity index (χ2n) is 6.23. The van der Waals surface area contributed by atoms with Crippen LogP contribution in [-0.2, 0) is 17.8 Å². The lowest BCUT2D eigenvalue weighted by atomic mass is 10.2. The number of nitrogens with zero attached hydrogens (tertiary/aromatic N) is 2. The lowest BCUT2D eigenvalue weighted by Crippen LogP contribution is -2.31. The molecule has 1 atom stereocenters. The molecule has 0 amide bonds. The Hall–Kier alpha value is -1.40. The fourth-order valence-electron chi connectivity index (χ4n) is 3.21. The Labute approximate surface area is 150 Å². The van der Waals surface area contributed by atoms with Gasteiger partial charge in [0, 0.05) is 29.6 Å². The molecule has 0 radical (unpaired) electrons. The van der Waals surface area contributed by atoms with Gasteiger partial charge in [-0.3, -0.25) is 4.90 Å². The first kappa shape index (κ1) is 16.1. The summed E-state index contributed by atoms with van der Waals surface area (Å²) in [5, 5.41) is 2.86. The van der Waals surface area contributed by atoms with Crippen LogP contribution in [0.2, 0.25) is 5.02 Å². The maximum atomic E-state index is 6.07. The van der Waals surface area contributed by atoms with Gasteiger partial charge in [-0.15, -0.1) is 11.3 Å². The summed E-state index contributed by atoms with van der Waals surface area (Å²) < 4.78 is 5.83. The summed E-state index contributed by atoms with van der Waals surface area (Å²) in [5.41, 5.74) is 1.95. The summed E-state index contributed by atoms with van der Waals surface area (Å²) in [6.45, 7) is 3.54. The van der Waals surface area contributed by atoms with E-state index >= 15 is 0 Å². The van der Waals surface area contributed by atoms with Crippen LogP contribution in [-0.4, -0.2) is 34.1 Å². The van der Waals surface area contributed by atoms with Gasteiger partial charge in [0.1, 0.15) is 5.82 Å². The summed E-state index contributed by atoms with van der Waals surface area (Å²) >= 11 is 7.86. The molecule has 1 aromatic carbocycles. The highest BCUT2D eigenvalue weighted by Gasteiger charge is 2.20. The summed E-state index contributed by atoms with van der Waals surface area (Å²) in [7, 11) is 0. The SMILES string of the molecule is Clc1ccc2nc(CN(Cc3cccs3)C[C@@H]3CCCO3)[nH]c2c1. The molecule has 0 unspecified atom stereocenters. The quantitative estimate of drug-likeness (QED) is 0.704. The molecule has 4 nitrogen and oxygen atoms in total. The number of aromatic amines is 1. The lowest BCUT2D eigenvalue weighted by Gasteiger charge is -2.23. The monoisotopic (exact) mass is 361 g/mol. The van der Waals surface area contributed by atoms with Crippen LogP contribution in [0.1, 0.15) is 23.5 Å². The van der Waals surface area contributed by atoms with Crippen molar-refractivity contribution in [3.63, 3.8) is 0 Å². The van der Waals surface area contributed by atoms with Crippen LogP contribution in [0.25, 0.3) is 11.0 Å². The minimum atomic E-state index is 0.337. The smallest absolute Gasteiger partial charge is 0.121 e. The van der Waals surface area contributed by atoms with Crippen molar-refractivity contribution < 1.29 is 4.74 Å². The van der Waals surface area contributed by atoms with Crippen LogP contribution in [0.4, 0.5) is 0 Å². The number of thiophene rings is 1. The zero-order valence-corrected chi connectivity index (χ0v) is 14.9. The molecule has 0 aliphatic carbocycles. The van der Waals surface area contributed by atoms with Crippen LogP contribution >= 0.6 is 22.9 Å². The van der Waals surface area contributed by atoms with Crippen molar-refractivity contribution >= 4 is 34.0 Å². The molecule has 1 N–H and O–H groups in total. The number of fused-ring (bicyclic) bond motifs is 1. The first-order chi connectivity index (χ1) is 11.8. The van der Waals surface area contributed by atoms with E-state index in [9.17, 15) is 0 Å². The molecule has 126 valence electrons. The van der Waals surface area contributed by atoms with Gasteiger partial charge >= 0.3 is 0 Å². The van der Waals surface area contributed by atoms with Crippen molar-refractivity contribution in [2.24, 2.45) is 0 Å². The van der Waals surface area contributed by atoms with E-state index in [1.165, 1.54) is 11.3 Å². The maximum absolute atomic E-state index is 6.07. The van der Waals surface area contributed by atoms with E-state index in [1.54, 1.807) is 11.3 Å². The molecule has 3 aromatic rings. The van der Waals surface area contributed by atoms with Crippen molar-refractivity contribution in [1.29, 1.82) is 0 Å². The Bertz CT molecular complexity index is 796.